The molecule has 0 fully saturated rings. The predicted octanol–water partition coefficient (Wildman–Crippen LogP) is 4.52. The summed E-state index contributed by atoms with van der Waals surface area (Å²) in [6, 6.07) is 31.2. The van der Waals surface area contributed by atoms with Crippen molar-refractivity contribution >= 4 is 0 Å². The van der Waals surface area contributed by atoms with E-state index in [1.807, 2.05) is 31.5 Å². The minimum Gasteiger partial charge on any atom is -0.390 e. The maximum atomic E-state index is 10.1. The first-order valence-electron chi connectivity index (χ1n) is 9.09. The molecule has 4 aromatic rings. The van der Waals surface area contributed by atoms with E-state index in [1.165, 1.54) is 0 Å². The summed E-state index contributed by atoms with van der Waals surface area (Å²) < 4.78 is 2.11. The van der Waals surface area contributed by atoms with Gasteiger partial charge in [-0.05, 0) is 23.6 Å². The van der Waals surface area contributed by atoms with Gasteiger partial charge in [-0.15, -0.1) is 0 Å². The third-order valence-electron chi connectivity index (χ3n) is 5.16. The second-order valence-corrected chi connectivity index (χ2v) is 6.61. The number of imidazole rings is 1. The highest BCUT2D eigenvalue weighted by molar-refractivity contribution is 5.51. The highest BCUT2D eigenvalue weighted by Gasteiger charge is 2.39. The van der Waals surface area contributed by atoms with E-state index in [0.717, 1.165) is 28.1 Å². The Morgan fingerprint density at radius 3 is 1.52 bits per heavy atom. The molecule has 0 radical (unpaired) electrons. The van der Waals surface area contributed by atoms with Crippen molar-refractivity contribution in [2.45, 2.75) is 19.1 Å². The second-order valence-electron chi connectivity index (χ2n) is 6.61. The maximum absolute atomic E-state index is 10.1. The lowest BCUT2D eigenvalue weighted by Crippen LogP contribution is -2.38. The van der Waals surface area contributed by atoms with Crippen LogP contribution >= 0.6 is 0 Å². The molecule has 0 saturated carbocycles. The normalized spacial score (nSPS) is 11.5. The molecule has 0 aliphatic carbocycles. The fourth-order valence-corrected chi connectivity index (χ4v) is 3.90. The Balaban J connectivity index is 2.17. The van der Waals surface area contributed by atoms with Crippen molar-refractivity contribution < 1.29 is 5.11 Å². The van der Waals surface area contributed by atoms with Crippen LogP contribution in [0.1, 0.15) is 28.1 Å². The summed E-state index contributed by atoms with van der Waals surface area (Å²) in [6.45, 7) is 1.87. The van der Waals surface area contributed by atoms with Gasteiger partial charge in [0.25, 0.3) is 0 Å². The fourth-order valence-electron chi connectivity index (χ4n) is 3.90. The van der Waals surface area contributed by atoms with Crippen LogP contribution < -0.4 is 0 Å². The van der Waals surface area contributed by atoms with Crippen LogP contribution in [0.3, 0.4) is 0 Å². The molecule has 3 nitrogen and oxygen atoms in total. The van der Waals surface area contributed by atoms with E-state index < -0.39 is 5.54 Å². The number of rotatable bonds is 5. The molecule has 0 aliphatic heterocycles. The molecule has 3 aromatic carbocycles. The Morgan fingerprint density at radius 1 is 0.741 bits per heavy atom. The van der Waals surface area contributed by atoms with Gasteiger partial charge in [-0.25, -0.2) is 4.98 Å². The summed E-state index contributed by atoms with van der Waals surface area (Å²) in [4.78, 5) is 4.53. The minimum atomic E-state index is -0.622. The molecule has 0 saturated heterocycles. The van der Waals surface area contributed by atoms with Gasteiger partial charge in [-0.3, -0.25) is 0 Å². The summed E-state index contributed by atoms with van der Waals surface area (Å²) in [5, 5.41) is 10.1. The molecule has 134 valence electrons. The van der Waals surface area contributed by atoms with Crippen LogP contribution in [0.25, 0.3) is 0 Å². The number of aromatic nitrogens is 2. The van der Waals surface area contributed by atoms with E-state index in [0.29, 0.717) is 0 Å². The van der Waals surface area contributed by atoms with Crippen molar-refractivity contribution in [3.8, 4) is 0 Å². The summed E-state index contributed by atoms with van der Waals surface area (Å²) in [6.07, 6.45) is 1.84. The zero-order chi connectivity index (χ0) is 18.7. The molecular formula is C24H22N2O. The average Bonchev–Trinajstić information content (AvgIpc) is 3.12. The Bertz CT molecular complexity index is 912. The highest BCUT2D eigenvalue weighted by Crippen LogP contribution is 2.41. The molecule has 27 heavy (non-hydrogen) atoms. The number of aliphatic hydroxyl groups excluding tert-OH is 1. The Kier molecular flexibility index (Phi) is 4.61. The zero-order valence-electron chi connectivity index (χ0n) is 15.3. The predicted molar refractivity (Wildman–Crippen MR) is 107 cm³/mol. The van der Waals surface area contributed by atoms with E-state index >= 15 is 0 Å². The minimum absolute atomic E-state index is 0.0694. The zero-order valence-corrected chi connectivity index (χ0v) is 15.3. The van der Waals surface area contributed by atoms with Gasteiger partial charge in [0.1, 0.15) is 5.54 Å². The van der Waals surface area contributed by atoms with Crippen LogP contribution in [0, 0.1) is 6.92 Å². The van der Waals surface area contributed by atoms with Crippen LogP contribution in [0.2, 0.25) is 0 Å². The molecule has 1 heterocycles. The maximum Gasteiger partial charge on any atom is 0.122 e. The third-order valence-corrected chi connectivity index (χ3v) is 5.16. The first kappa shape index (κ1) is 17.3. The number of aryl methyl sites for hydroxylation is 1. The first-order valence-corrected chi connectivity index (χ1v) is 9.09. The summed E-state index contributed by atoms with van der Waals surface area (Å²) >= 11 is 0. The van der Waals surface area contributed by atoms with Gasteiger partial charge in [-0.1, -0.05) is 91.0 Å². The number of benzene rings is 3. The van der Waals surface area contributed by atoms with E-state index in [2.05, 4.69) is 82.3 Å². The van der Waals surface area contributed by atoms with Crippen LogP contribution in [0.4, 0.5) is 0 Å². The van der Waals surface area contributed by atoms with Crippen LogP contribution in [-0.2, 0) is 12.1 Å². The monoisotopic (exact) mass is 354 g/mol. The number of hydrogen-bond donors (Lipinski definition) is 1. The Morgan fingerprint density at radius 2 is 1.15 bits per heavy atom. The molecule has 1 N–H and O–H groups in total. The Hall–Kier alpha value is -3.17. The van der Waals surface area contributed by atoms with Gasteiger partial charge >= 0.3 is 0 Å². The molecule has 0 spiro atoms. The highest BCUT2D eigenvalue weighted by atomic mass is 16.3. The van der Waals surface area contributed by atoms with Crippen molar-refractivity contribution in [2.24, 2.45) is 0 Å². The molecular weight excluding hydrogens is 332 g/mol. The van der Waals surface area contributed by atoms with Crippen molar-refractivity contribution in [1.29, 1.82) is 0 Å². The Labute approximate surface area is 159 Å². The van der Waals surface area contributed by atoms with Crippen LogP contribution in [-0.4, -0.2) is 14.7 Å². The van der Waals surface area contributed by atoms with Gasteiger partial charge in [0, 0.05) is 0 Å². The summed E-state index contributed by atoms with van der Waals surface area (Å²) in [5.74, 6) is 0. The quantitative estimate of drug-likeness (QED) is 0.535. The SMILES string of the molecule is Cc1ncn(C(c2ccccc2)(c2ccccc2)c2ccccc2)c1CO. The molecule has 0 aliphatic rings. The van der Waals surface area contributed by atoms with Gasteiger partial charge in [0.2, 0.25) is 0 Å². The second kappa shape index (κ2) is 7.22. The summed E-state index contributed by atoms with van der Waals surface area (Å²) in [5.41, 5.74) is 4.39. The molecule has 0 amide bonds. The van der Waals surface area contributed by atoms with E-state index in [-0.39, 0.29) is 6.61 Å². The lowest BCUT2D eigenvalue weighted by atomic mass is 9.76. The van der Waals surface area contributed by atoms with Gasteiger partial charge in [0.15, 0.2) is 0 Å². The molecule has 0 atom stereocenters. The lowest BCUT2D eigenvalue weighted by Gasteiger charge is -2.38. The fraction of sp³-hybridized carbons (Fsp3) is 0.125. The standard InChI is InChI=1S/C24H22N2O/c1-19-23(17-27)26(18-25-19)24(20-11-5-2-6-12-20,21-13-7-3-8-14-21)22-15-9-4-10-16-22/h2-16,18,27H,17H2,1H3. The lowest BCUT2D eigenvalue weighted by molar-refractivity contribution is 0.264. The van der Waals surface area contributed by atoms with Gasteiger partial charge < -0.3 is 9.67 Å². The van der Waals surface area contributed by atoms with E-state index in [4.69, 9.17) is 0 Å². The van der Waals surface area contributed by atoms with E-state index in [1.54, 1.807) is 0 Å². The number of nitrogens with zero attached hydrogens (tertiary/aromatic N) is 2. The molecule has 1 aromatic heterocycles. The van der Waals surface area contributed by atoms with Crippen molar-refractivity contribution in [3.63, 3.8) is 0 Å². The smallest absolute Gasteiger partial charge is 0.122 e. The topological polar surface area (TPSA) is 38.0 Å². The van der Waals surface area contributed by atoms with Crippen molar-refractivity contribution in [3.05, 3.63) is 125 Å². The van der Waals surface area contributed by atoms with Gasteiger partial charge in [-0.2, -0.15) is 0 Å². The molecule has 4 rings (SSSR count). The van der Waals surface area contributed by atoms with Crippen LogP contribution in [0.5, 0.6) is 0 Å². The van der Waals surface area contributed by atoms with Gasteiger partial charge in [0.05, 0.1) is 24.3 Å². The summed E-state index contributed by atoms with van der Waals surface area (Å²) in [7, 11) is 0. The number of hydrogen-bond acceptors (Lipinski definition) is 2. The molecule has 3 heteroatoms. The number of aliphatic hydroxyl groups is 1. The largest absolute Gasteiger partial charge is 0.390 e. The van der Waals surface area contributed by atoms with Crippen molar-refractivity contribution in [1.82, 2.24) is 9.55 Å². The van der Waals surface area contributed by atoms with Crippen LogP contribution in [0.15, 0.2) is 97.3 Å². The van der Waals surface area contributed by atoms with E-state index in [9.17, 15) is 5.11 Å². The first-order chi connectivity index (χ1) is 13.3. The molecule has 0 bridgehead atoms. The molecule has 0 unspecified atom stereocenters. The average molecular weight is 354 g/mol. The third kappa shape index (κ3) is 2.77. The van der Waals surface area contributed by atoms with Crippen molar-refractivity contribution in [2.75, 3.05) is 0 Å².